The van der Waals surface area contributed by atoms with E-state index in [1.54, 1.807) is 24.3 Å². The maximum absolute atomic E-state index is 13.3. The molecule has 21 heavy (non-hydrogen) atoms. The Labute approximate surface area is 137 Å². The molecule has 0 bridgehead atoms. The lowest BCUT2D eigenvalue weighted by atomic mass is 10.0. The molecule has 0 saturated carbocycles. The number of halogens is 3. The molecule has 0 aromatic heterocycles. The van der Waals surface area contributed by atoms with Crippen LogP contribution in [0.2, 0.25) is 5.02 Å². The fraction of sp³-hybridized carbons (Fsp3) is 0.250. The molecule has 0 aliphatic carbocycles. The quantitative estimate of drug-likeness (QED) is 0.771. The molecular weight excluding hydrogens is 357 g/mol. The summed E-state index contributed by atoms with van der Waals surface area (Å²) in [6.45, 7) is 2.03. The maximum atomic E-state index is 13.3. The van der Waals surface area contributed by atoms with Gasteiger partial charge in [-0.3, -0.25) is 0 Å². The van der Waals surface area contributed by atoms with Crippen LogP contribution in [0.25, 0.3) is 0 Å². The van der Waals surface area contributed by atoms with Gasteiger partial charge in [0.25, 0.3) is 0 Å². The third-order valence-electron chi connectivity index (χ3n) is 3.15. The van der Waals surface area contributed by atoms with E-state index < -0.39 is 0 Å². The molecule has 0 aliphatic heterocycles. The summed E-state index contributed by atoms with van der Waals surface area (Å²) >= 11 is 9.18. The Morgan fingerprint density at radius 3 is 2.71 bits per heavy atom. The van der Waals surface area contributed by atoms with Crippen LogP contribution < -0.4 is 10.5 Å². The normalized spacial score (nSPS) is 12.2. The van der Waals surface area contributed by atoms with E-state index in [1.807, 2.05) is 13.0 Å². The van der Waals surface area contributed by atoms with Crippen molar-refractivity contribution in [3.63, 3.8) is 0 Å². The van der Waals surface area contributed by atoms with Crippen molar-refractivity contribution in [3.8, 4) is 11.5 Å². The first kappa shape index (κ1) is 16.3. The Bertz CT molecular complexity index is 636. The van der Waals surface area contributed by atoms with Crippen molar-refractivity contribution >= 4 is 27.5 Å². The van der Waals surface area contributed by atoms with Crippen LogP contribution in [0.5, 0.6) is 11.5 Å². The van der Waals surface area contributed by atoms with Gasteiger partial charge >= 0.3 is 0 Å². The van der Waals surface area contributed by atoms with Crippen LogP contribution in [-0.4, -0.2) is 6.04 Å². The minimum Gasteiger partial charge on any atom is -0.457 e. The van der Waals surface area contributed by atoms with Crippen LogP contribution in [0.15, 0.2) is 40.9 Å². The molecule has 0 spiro atoms. The van der Waals surface area contributed by atoms with Crippen molar-refractivity contribution in [1.82, 2.24) is 0 Å². The molecule has 0 amide bonds. The van der Waals surface area contributed by atoms with Gasteiger partial charge in [0.2, 0.25) is 0 Å². The van der Waals surface area contributed by atoms with Crippen molar-refractivity contribution in [2.45, 2.75) is 25.8 Å². The second kappa shape index (κ2) is 7.25. The minimum atomic E-state index is -0.327. The zero-order valence-corrected chi connectivity index (χ0v) is 13.9. The van der Waals surface area contributed by atoms with E-state index in [0.717, 1.165) is 12.0 Å². The molecule has 0 fully saturated rings. The lowest BCUT2D eigenvalue weighted by Gasteiger charge is -2.15. The van der Waals surface area contributed by atoms with Crippen LogP contribution in [0.4, 0.5) is 4.39 Å². The standard InChI is InChI=1S/C16H16BrClFNO/c1-2-12(20)8-10-7-11(18)3-6-16(10)21-13-4-5-15(19)14(17)9-13/h3-7,9,12H,2,8,20H2,1H3. The lowest BCUT2D eigenvalue weighted by molar-refractivity contribution is 0.469. The highest BCUT2D eigenvalue weighted by Crippen LogP contribution is 2.31. The minimum absolute atomic E-state index is 0.0470. The lowest BCUT2D eigenvalue weighted by Crippen LogP contribution is -2.21. The maximum Gasteiger partial charge on any atom is 0.137 e. The molecule has 112 valence electrons. The van der Waals surface area contributed by atoms with Crippen molar-refractivity contribution in [1.29, 1.82) is 0 Å². The van der Waals surface area contributed by atoms with Crippen LogP contribution in [0.1, 0.15) is 18.9 Å². The first-order valence-corrected chi connectivity index (χ1v) is 7.83. The number of ether oxygens (including phenoxy) is 1. The molecule has 2 rings (SSSR count). The van der Waals surface area contributed by atoms with Gasteiger partial charge in [-0.05, 0) is 70.7 Å². The molecule has 0 heterocycles. The SMILES string of the molecule is CCC(N)Cc1cc(Cl)ccc1Oc1ccc(F)c(Br)c1. The number of nitrogens with two attached hydrogens (primary N) is 1. The smallest absolute Gasteiger partial charge is 0.137 e. The first-order chi connectivity index (χ1) is 9.99. The third-order valence-corrected chi connectivity index (χ3v) is 3.99. The fourth-order valence-corrected chi connectivity index (χ4v) is 2.45. The summed E-state index contributed by atoms with van der Waals surface area (Å²) in [5.41, 5.74) is 6.95. The largest absolute Gasteiger partial charge is 0.457 e. The predicted molar refractivity (Wildman–Crippen MR) is 87.6 cm³/mol. The van der Waals surface area contributed by atoms with E-state index in [2.05, 4.69) is 15.9 Å². The Morgan fingerprint density at radius 2 is 2.05 bits per heavy atom. The highest BCUT2D eigenvalue weighted by atomic mass is 79.9. The zero-order valence-electron chi connectivity index (χ0n) is 11.6. The monoisotopic (exact) mass is 371 g/mol. The third kappa shape index (κ3) is 4.43. The van der Waals surface area contributed by atoms with Gasteiger partial charge in [-0.25, -0.2) is 4.39 Å². The van der Waals surface area contributed by atoms with Gasteiger partial charge in [-0.2, -0.15) is 0 Å². The van der Waals surface area contributed by atoms with E-state index in [1.165, 1.54) is 6.07 Å². The molecule has 0 aliphatic rings. The topological polar surface area (TPSA) is 35.2 Å². The van der Waals surface area contributed by atoms with Crippen molar-refractivity contribution in [2.75, 3.05) is 0 Å². The van der Waals surface area contributed by atoms with Gasteiger partial charge in [0.15, 0.2) is 0 Å². The molecule has 0 saturated heterocycles. The van der Waals surface area contributed by atoms with Gasteiger partial charge in [0, 0.05) is 11.1 Å². The van der Waals surface area contributed by atoms with Crippen LogP contribution in [0, 0.1) is 5.82 Å². The second-order valence-corrected chi connectivity index (χ2v) is 6.09. The van der Waals surface area contributed by atoms with E-state index in [4.69, 9.17) is 22.1 Å². The van der Waals surface area contributed by atoms with E-state index in [0.29, 0.717) is 27.4 Å². The van der Waals surface area contributed by atoms with Gasteiger partial charge in [-0.1, -0.05) is 18.5 Å². The summed E-state index contributed by atoms with van der Waals surface area (Å²) in [6.07, 6.45) is 1.54. The van der Waals surface area contributed by atoms with Crippen LogP contribution >= 0.6 is 27.5 Å². The molecular formula is C16H16BrClFNO. The van der Waals surface area contributed by atoms with Crippen LogP contribution in [0.3, 0.4) is 0 Å². The molecule has 2 aromatic carbocycles. The van der Waals surface area contributed by atoms with E-state index >= 15 is 0 Å². The average molecular weight is 373 g/mol. The number of rotatable bonds is 5. The Hall–Kier alpha value is -1.10. The molecule has 1 unspecified atom stereocenters. The first-order valence-electron chi connectivity index (χ1n) is 6.66. The van der Waals surface area contributed by atoms with Gasteiger partial charge < -0.3 is 10.5 Å². The number of hydrogen-bond donors (Lipinski definition) is 1. The summed E-state index contributed by atoms with van der Waals surface area (Å²) in [5.74, 6) is 0.908. The summed E-state index contributed by atoms with van der Waals surface area (Å²) in [4.78, 5) is 0. The summed E-state index contributed by atoms with van der Waals surface area (Å²) in [5, 5.41) is 0.640. The molecule has 5 heteroatoms. The molecule has 2 N–H and O–H groups in total. The second-order valence-electron chi connectivity index (χ2n) is 4.80. The molecule has 1 atom stereocenters. The van der Waals surface area contributed by atoms with Crippen molar-refractivity contribution in [3.05, 3.63) is 57.3 Å². The van der Waals surface area contributed by atoms with Gasteiger partial charge in [0.05, 0.1) is 4.47 Å². The number of hydrogen-bond acceptors (Lipinski definition) is 2. The van der Waals surface area contributed by atoms with Crippen molar-refractivity contribution < 1.29 is 9.13 Å². The van der Waals surface area contributed by atoms with Crippen molar-refractivity contribution in [2.24, 2.45) is 5.73 Å². The Kier molecular flexibility index (Phi) is 5.62. The predicted octanol–water partition coefficient (Wildman–Crippen LogP) is 5.31. The molecule has 2 nitrogen and oxygen atoms in total. The fourth-order valence-electron chi connectivity index (χ4n) is 1.90. The Morgan fingerprint density at radius 1 is 1.29 bits per heavy atom. The highest BCUT2D eigenvalue weighted by molar-refractivity contribution is 9.10. The molecule has 0 radical (unpaired) electrons. The van der Waals surface area contributed by atoms with E-state index in [-0.39, 0.29) is 11.9 Å². The average Bonchev–Trinajstić information content (AvgIpc) is 2.45. The summed E-state index contributed by atoms with van der Waals surface area (Å²) in [7, 11) is 0. The molecule has 2 aromatic rings. The van der Waals surface area contributed by atoms with E-state index in [9.17, 15) is 4.39 Å². The Balaban J connectivity index is 2.28. The zero-order chi connectivity index (χ0) is 15.4. The summed E-state index contributed by atoms with van der Waals surface area (Å²) in [6, 6.07) is 9.99. The van der Waals surface area contributed by atoms with Gasteiger partial charge in [0.1, 0.15) is 17.3 Å². The van der Waals surface area contributed by atoms with Crippen LogP contribution in [-0.2, 0) is 6.42 Å². The highest BCUT2D eigenvalue weighted by Gasteiger charge is 2.11. The van der Waals surface area contributed by atoms with Gasteiger partial charge in [-0.15, -0.1) is 0 Å². The number of benzene rings is 2. The summed E-state index contributed by atoms with van der Waals surface area (Å²) < 4.78 is 19.4.